The van der Waals surface area contributed by atoms with Gasteiger partial charge in [0.05, 0.1) is 18.2 Å². The molecule has 0 spiro atoms. The average Bonchev–Trinajstić information content (AvgIpc) is 2.77. The molecule has 0 aromatic carbocycles. The number of nitrogens with zero attached hydrogens (tertiary/aromatic N) is 2. The van der Waals surface area contributed by atoms with Crippen LogP contribution >= 0.6 is 11.3 Å². The van der Waals surface area contributed by atoms with Crippen molar-refractivity contribution in [2.45, 2.75) is 26.3 Å². The van der Waals surface area contributed by atoms with Gasteiger partial charge in [-0.3, -0.25) is 4.79 Å². The van der Waals surface area contributed by atoms with E-state index >= 15 is 0 Å². The van der Waals surface area contributed by atoms with Crippen LogP contribution in [-0.2, 0) is 11.2 Å². The molecule has 0 radical (unpaired) electrons. The van der Waals surface area contributed by atoms with Crippen molar-refractivity contribution in [1.82, 2.24) is 9.97 Å². The number of nitrogens with one attached hydrogen (secondary N) is 1. The maximum absolute atomic E-state index is 11.9. The zero-order valence-electron chi connectivity index (χ0n) is 10.9. The third kappa shape index (κ3) is 3.84. The summed E-state index contributed by atoms with van der Waals surface area (Å²) >= 11 is 1.48. The second-order valence-electron chi connectivity index (χ2n) is 4.41. The molecule has 0 aliphatic heterocycles. The summed E-state index contributed by atoms with van der Waals surface area (Å²) in [6.45, 7) is 3.83. The molecule has 2 rings (SSSR count). The molecule has 0 aliphatic rings. The topological polar surface area (TPSA) is 80.9 Å². The van der Waals surface area contributed by atoms with Gasteiger partial charge in [0.1, 0.15) is 10.8 Å². The predicted octanol–water partition coefficient (Wildman–Crippen LogP) is 2.05. The van der Waals surface area contributed by atoms with Crippen molar-refractivity contribution in [2.75, 3.05) is 5.32 Å². The summed E-state index contributed by atoms with van der Waals surface area (Å²) in [6, 6.07) is 3.61. The van der Waals surface area contributed by atoms with Gasteiger partial charge < -0.3 is 11.1 Å². The van der Waals surface area contributed by atoms with Gasteiger partial charge in [0.2, 0.25) is 5.91 Å². The fourth-order valence-electron chi connectivity index (χ4n) is 1.57. The fourth-order valence-corrected chi connectivity index (χ4v) is 2.35. The highest BCUT2D eigenvalue weighted by molar-refractivity contribution is 7.09. The van der Waals surface area contributed by atoms with E-state index in [1.165, 1.54) is 11.3 Å². The molecule has 2 aromatic rings. The Kier molecular flexibility index (Phi) is 4.24. The Labute approximate surface area is 115 Å². The lowest BCUT2D eigenvalue weighted by Crippen LogP contribution is -2.15. The van der Waals surface area contributed by atoms with Crippen molar-refractivity contribution in [3.05, 3.63) is 40.0 Å². The van der Waals surface area contributed by atoms with Crippen LogP contribution in [0.5, 0.6) is 0 Å². The molecule has 0 aliphatic carbocycles. The quantitative estimate of drug-likeness (QED) is 0.895. The second kappa shape index (κ2) is 5.90. The molecule has 3 N–H and O–H groups in total. The number of nitrogens with two attached hydrogens (primary N) is 1. The fraction of sp³-hybridized carbons (Fsp3) is 0.308. The standard InChI is InChI=1S/C13H16N4OS/c1-8-3-4-15-11(5-8)17-12(18)6-10-7-19-13(16-10)9(2)14/h3-5,7,9H,6,14H2,1-2H3,(H,15,17,18). The van der Waals surface area contributed by atoms with Gasteiger partial charge in [-0.1, -0.05) is 0 Å². The number of carbonyl (C=O) groups is 1. The summed E-state index contributed by atoms with van der Waals surface area (Å²) in [7, 11) is 0. The van der Waals surface area contributed by atoms with Crippen molar-refractivity contribution in [2.24, 2.45) is 5.73 Å². The lowest BCUT2D eigenvalue weighted by molar-refractivity contribution is -0.115. The van der Waals surface area contributed by atoms with Crippen LogP contribution in [0, 0.1) is 6.92 Å². The second-order valence-corrected chi connectivity index (χ2v) is 5.30. The minimum absolute atomic E-state index is 0.0970. The number of anilines is 1. The highest BCUT2D eigenvalue weighted by Gasteiger charge is 2.10. The summed E-state index contributed by atoms with van der Waals surface area (Å²) in [4.78, 5) is 20.3. The van der Waals surface area contributed by atoms with Gasteiger partial charge in [-0.25, -0.2) is 9.97 Å². The zero-order valence-corrected chi connectivity index (χ0v) is 11.7. The zero-order chi connectivity index (χ0) is 13.8. The molecular formula is C13H16N4OS. The molecule has 2 heterocycles. The van der Waals surface area contributed by atoms with Crippen LogP contribution in [0.3, 0.4) is 0 Å². The molecule has 100 valence electrons. The number of hydrogen-bond donors (Lipinski definition) is 2. The van der Waals surface area contributed by atoms with Crippen molar-refractivity contribution < 1.29 is 4.79 Å². The van der Waals surface area contributed by atoms with Gasteiger partial charge in [-0.05, 0) is 31.5 Å². The van der Waals surface area contributed by atoms with Crippen LogP contribution in [0.4, 0.5) is 5.82 Å². The summed E-state index contributed by atoms with van der Waals surface area (Å²) in [5.74, 6) is 0.437. The highest BCUT2D eigenvalue weighted by Crippen LogP contribution is 2.16. The van der Waals surface area contributed by atoms with Gasteiger partial charge in [0, 0.05) is 11.6 Å². The molecule has 1 amide bonds. The first-order valence-corrected chi connectivity index (χ1v) is 6.85. The molecule has 0 saturated heterocycles. The Morgan fingerprint density at radius 3 is 3.00 bits per heavy atom. The summed E-state index contributed by atoms with van der Waals surface area (Å²) in [6.07, 6.45) is 1.90. The van der Waals surface area contributed by atoms with Crippen molar-refractivity contribution in [1.29, 1.82) is 0 Å². The number of thiazole rings is 1. The third-order valence-electron chi connectivity index (χ3n) is 2.48. The molecule has 0 saturated carbocycles. The molecule has 0 bridgehead atoms. The summed E-state index contributed by atoms with van der Waals surface area (Å²) in [5, 5.41) is 5.46. The van der Waals surface area contributed by atoms with Crippen LogP contribution in [0.1, 0.15) is 29.2 Å². The van der Waals surface area contributed by atoms with Gasteiger partial charge in [-0.15, -0.1) is 11.3 Å². The Balaban J connectivity index is 1.97. The molecule has 1 atom stereocenters. The maximum atomic E-state index is 11.9. The maximum Gasteiger partial charge on any atom is 0.231 e. The number of aromatic nitrogens is 2. The summed E-state index contributed by atoms with van der Waals surface area (Å²) in [5.41, 5.74) is 7.53. The SMILES string of the molecule is Cc1ccnc(NC(=O)Cc2csc(C(C)N)n2)c1. The Morgan fingerprint density at radius 2 is 2.37 bits per heavy atom. The van der Waals surface area contributed by atoms with E-state index < -0.39 is 0 Å². The van der Waals surface area contributed by atoms with Crippen molar-refractivity contribution in [3.8, 4) is 0 Å². The van der Waals surface area contributed by atoms with E-state index in [-0.39, 0.29) is 18.4 Å². The number of aryl methyl sites for hydroxylation is 1. The van der Waals surface area contributed by atoms with Gasteiger partial charge in [0.15, 0.2) is 0 Å². The largest absolute Gasteiger partial charge is 0.322 e. The first kappa shape index (κ1) is 13.6. The molecule has 5 nitrogen and oxygen atoms in total. The van der Waals surface area contributed by atoms with Gasteiger partial charge >= 0.3 is 0 Å². The van der Waals surface area contributed by atoms with E-state index in [0.29, 0.717) is 5.82 Å². The molecule has 19 heavy (non-hydrogen) atoms. The first-order chi connectivity index (χ1) is 9.04. The number of pyridine rings is 1. The lowest BCUT2D eigenvalue weighted by atomic mass is 10.3. The molecule has 2 aromatic heterocycles. The monoisotopic (exact) mass is 276 g/mol. The number of hydrogen-bond acceptors (Lipinski definition) is 5. The lowest BCUT2D eigenvalue weighted by Gasteiger charge is -2.03. The molecule has 0 fully saturated rings. The van der Waals surface area contributed by atoms with Gasteiger partial charge in [0.25, 0.3) is 0 Å². The number of amides is 1. The van der Waals surface area contributed by atoms with E-state index in [9.17, 15) is 4.79 Å². The normalized spacial score (nSPS) is 12.2. The van der Waals surface area contributed by atoms with Crippen LogP contribution in [0.25, 0.3) is 0 Å². The van der Waals surface area contributed by atoms with E-state index in [1.807, 2.05) is 31.4 Å². The van der Waals surface area contributed by atoms with E-state index in [1.54, 1.807) is 6.20 Å². The van der Waals surface area contributed by atoms with E-state index in [2.05, 4.69) is 15.3 Å². The predicted molar refractivity (Wildman–Crippen MR) is 76.0 cm³/mol. The third-order valence-corrected chi connectivity index (χ3v) is 3.58. The molecule has 1 unspecified atom stereocenters. The Morgan fingerprint density at radius 1 is 1.58 bits per heavy atom. The molecule has 6 heteroatoms. The molecular weight excluding hydrogens is 260 g/mol. The van der Waals surface area contributed by atoms with Crippen LogP contribution in [0.15, 0.2) is 23.7 Å². The minimum atomic E-state index is -0.125. The van der Waals surface area contributed by atoms with E-state index in [0.717, 1.165) is 16.3 Å². The smallest absolute Gasteiger partial charge is 0.231 e. The number of carbonyl (C=O) groups excluding carboxylic acids is 1. The van der Waals surface area contributed by atoms with Gasteiger partial charge in [-0.2, -0.15) is 0 Å². The van der Waals surface area contributed by atoms with Crippen molar-refractivity contribution >= 4 is 23.1 Å². The van der Waals surface area contributed by atoms with Crippen LogP contribution < -0.4 is 11.1 Å². The Hall–Kier alpha value is -1.79. The average molecular weight is 276 g/mol. The van der Waals surface area contributed by atoms with Crippen LogP contribution in [0.2, 0.25) is 0 Å². The minimum Gasteiger partial charge on any atom is -0.322 e. The number of rotatable bonds is 4. The van der Waals surface area contributed by atoms with E-state index in [4.69, 9.17) is 5.73 Å². The highest BCUT2D eigenvalue weighted by atomic mass is 32.1. The first-order valence-electron chi connectivity index (χ1n) is 5.97. The Bertz CT molecular complexity index is 580. The van der Waals surface area contributed by atoms with Crippen LogP contribution in [-0.4, -0.2) is 15.9 Å². The van der Waals surface area contributed by atoms with Crippen molar-refractivity contribution in [3.63, 3.8) is 0 Å². The summed E-state index contributed by atoms with van der Waals surface area (Å²) < 4.78 is 0.